The fourth-order valence-electron chi connectivity index (χ4n) is 2.08. The zero-order chi connectivity index (χ0) is 13.1. The van der Waals surface area contributed by atoms with Crippen LogP contribution < -0.4 is 4.74 Å². The van der Waals surface area contributed by atoms with E-state index in [1.165, 1.54) is 0 Å². The number of thiazole rings is 1. The highest BCUT2D eigenvalue weighted by Crippen LogP contribution is 2.30. The zero-order valence-electron chi connectivity index (χ0n) is 10.8. The second-order valence-electron chi connectivity index (χ2n) is 4.55. The molecular weight excluding hydrogens is 260 g/mol. The van der Waals surface area contributed by atoms with E-state index in [1.54, 1.807) is 17.5 Å². The number of nitrogens with zero attached hydrogens (tertiary/aromatic N) is 2. The lowest BCUT2D eigenvalue weighted by Gasteiger charge is -2.06. The molecule has 1 aliphatic rings. The van der Waals surface area contributed by atoms with Gasteiger partial charge in [0, 0.05) is 18.2 Å². The van der Waals surface area contributed by atoms with Gasteiger partial charge in [-0.3, -0.25) is 4.98 Å². The maximum absolute atomic E-state index is 5.74. The SMILES string of the molecule is Cc1ncccc1OCc1csc([C@H]2CCCO2)n1. The molecular formula is C14H16N2O2S. The van der Waals surface area contributed by atoms with Crippen molar-refractivity contribution in [2.75, 3.05) is 6.61 Å². The molecule has 0 amide bonds. The molecule has 2 aromatic rings. The Labute approximate surface area is 116 Å². The molecule has 100 valence electrons. The van der Waals surface area contributed by atoms with Crippen LogP contribution in [0.25, 0.3) is 0 Å². The van der Waals surface area contributed by atoms with Gasteiger partial charge in [-0.05, 0) is 31.9 Å². The first-order chi connectivity index (χ1) is 9.33. The lowest BCUT2D eigenvalue weighted by atomic mass is 10.2. The topological polar surface area (TPSA) is 44.2 Å². The van der Waals surface area contributed by atoms with Gasteiger partial charge < -0.3 is 9.47 Å². The number of ether oxygens (including phenoxy) is 2. The monoisotopic (exact) mass is 276 g/mol. The molecule has 19 heavy (non-hydrogen) atoms. The number of aryl methyl sites for hydroxylation is 1. The van der Waals surface area contributed by atoms with Crippen molar-refractivity contribution in [3.05, 3.63) is 40.1 Å². The maximum Gasteiger partial charge on any atom is 0.141 e. The Morgan fingerprint density at radius 2 is 2.47 bits per heavy atom. The number of pyridine rings is 1. The Morgan fingerprint density at radius 3 is 3.26 bits per heavy atom. The smallest absolute Gasteiger partial charge is 0.141 e. The van der Waals surface area contributed by atoms with E-state index in [4.69, 9.17) is 9.47 Å². The van der Waals surface area contributed by atoms with Crippen molar-refractivity contribution in [1.29, 1.82) is 0 Å². The summed E-state index contributed by atoms with van der Waals surface area (Å²) in [6, 6.07) is 3.80. The Morgan fingerprint density at radius 1 is 1.53 bits per heavy atom. The van der Waals surface area contributed by atoms with Gasteiger partial charge in [-0.2, -0.15) is 0 Å². The largest absolute Gasteiger partial charge is 0.485 e. The Hall–Kier alpha value is -1.46. The van der Waals surface area contributed by atoms with E-state index in [9.17, 15) is 0 Å². The summed E-state index contributed by atoms with van der Waals surface area (Å²) in [7, 11) is 0. The van der Waals surface area contributed by atoms with E-state index in [0.29, 0.717) is 6.61 Å². The van der Waals surface area contributed by atoms with E-state index >= 15 is 0 Å². The summed E-state index contributed by atoms with van der Waals surface area (Å²) in [5, 5.41) is 3.11. The van der Waals surface area contributed by atoms with E-state index in [2.05, 4.69) is 9.97 Å². The molecule has 0 N–H and O–H groups in total. The molecule has 0 saturated carbocycles. The van der Waals surface area contributed by atoms with E-state index in [-0.39, 0.29) is 6.10 Å². The van der Waals surface area contributed by atoms with Crippen LogP contribution in [0.2, 0.25) is 0 Å². The average Bonchev–Trinajstić information content (AvgIpc) is 3.09. The maximum atomic E-state index is 5.74. The van der Waals surface area contributed by atoms with Gasteiger partial charge >= 0.3 is 0 Å². The lowest BCUT2D eigenvalue weighted by Crippen LogP contribution is -2.00. The standard InChI is InChI=1S/C14H16N2O2S/c1-10-12(4-2-6-15-10)18-8-11-9-19-14(16-11)13-5-3-7-17-13/h2,4,6,9,13H,3,5,7-8H2,1H3/t13-/m1/s1. The van der Waals surface area contributed by atoms with Crippen molar-refractivity contribution in [3.63, 3.8) is 0 Å². The average molecular weight is 276 g/mol. The molecule has 3 rings (SSSR count). The molecule has 4 nitrogen and oxygen atoms in total. The van der Waals surface area contributed by atoms with Crippen molar-refractivity contribution >= 4 is 11.3 Å². The highest BCUT2D eigenvalue weighted by Gasteiger charge is 2.20. The summed E-state index contributed by atoms with van der Waals surface area (Å²) in [6.07, 6.45) is 4.17. The van der Waals surface area contributed by atoms with Crippen molar-refractivity contribution in [2.24, 2.45) is 0 Å². The van der Waals surface area contributed by atoms with E-state index in [1.807, 2.05) is 24.4 Å². The van der Waals surface area contributed by atoms with Crippen LogP contribution in [-0.2, 0) is 11.3 Å². The minimum atomic E-state index is 0.193. The minimum absolute atomic E-state index is 0.193. The van der Waals surface area contributed by atoms with E-state index in [0.717, 1.165) is 41.6 Å². The lowest BCUT2D eigenvalue weighted by molar-refractivity contribution is 0.111. The molecule has 1 atom stereocenters. The van der Waals surface area contributed by atoms with Gasteiger partial charge in [-0.1, -0.05) is 0 Å². The second kappa shape index (κ2) is 5.67. The van der Waals surface area contributed by atoms with Gasteiger partial charge in [0.05, 0.1) is 11.4 Å². The normalized spacial score (nSPS) is 18.7. The van der Waals surface area contributed by atoms with Crippen LogP contribution in [0.4, 0.5) is 0 Å². The first kappa shape index (κ1) is 12.6. The molecule has 0 aliphatic carbocycles. The Bertz CT molecular complexity index is 550. The Kier molecular flexibility index (Phi) is 3.75. The molecule has 1 saturated heterocycles. The van der Waals surface area contributed by atoms with Crippen LogP contribution in [0, 0.1) is 6.92 Å². The summed E-state index contributed by atoms with van der Waals surface area (Å²) in [5.74, 6) is 0.814. The summed E-state index contributed by atoms with van der Waals surface area (Å²) < 4.78 is 11.4. The fraction of sp³-hybridized carbons (Fsp3) is 0.429. The predicted molar refractivity (Wildman–Crippen MR) is 73.3 cm³/mol. The molecule has 0 aromatic carbocycles. The Balaban J connectivity index is 1.63. The van der Waals surface area contributed by atoms with Gasteiger partial charge in [-0.25, -0.2) is 4.98 Å². The summed E-state index contributed by atoms with van der Waals surface area (Å²) in [5.41, 5.74) is 1.86. The second-order valence-corrected chi connectivity index (χ2v) is 5.44. The third kappa shape index (κ3) is 2.93. The third-order valence-corrected chi connectivity index (χ3v) is 4.09. The highest BCUT2D eigenvalue weighted by atomic mass is 32.1. The minimum Gasteiger partial charge on any atom is -0.485 e. The van der Waals surface area contributed by atoms with Gasteiger partial charge in [0.2, 0.25) is 0 Å². The van der Waals surface area contributed by atoms with Crippen molar-refractivity contribution in [2.45, 2.75) is 32.5 Å². The first-order valence-corrected chi connectivity index (χ1v) is 7.31. The van der Waals surface area contributed by atoms with Crippen molar-refractivity contribution in [3.8, 4) is 5.75 Å². The van der Waals surface area contributed by atoms with Gasteiger partial charge in [0.25, 0.3) is 0 Å². The van der Waals surface area contributed by atoms with Crippen molar-refractivity contribution in [1.82, 2.24) is 9.97 Å². The molecule has 3 heterocycles. The molecule has 5 heteroatoms. The van der Waals surface area contributed by atoms with Gasteiger partial charge in [0.1, 0.15) is 23.5 Å². The summed E-state index contributed by atoms with van der Waals surface area (Å²) in [4.78, 5) is 8.78. The van der Waals surface area contributed by atoms with Crippen LogP contribution in [-0.4, -0.2) is 16.6 Å². The number of aromatic nitrogens is 2. The molecule has 0 unspecified atom stereocenters. The van der Waals surface area contributed by atoms with Gasteiger partial charge in [0.15, 0.2) is 0 Å². The van der Waals surface area contributed by atoms with Crippen LogP contribution in [0.15, 0.2) is 23.7 Å². The van der Waals surface area contributed by atoms with E-state index < -0.39 is 0 Å². The molecule has 0 radical (unpaired) electrons. The highest BCUT2D eigenvalue weighted by molar-refractivity contribution is 7.09. The molecule has 0 spiro atoms. The molecule has 1 aliphatic heterocycles. The zero-order valence-corrected chi connectivity index (χ0v) is 11.7. The molecule has 1 fully saturated rings. The van der Waals surface area contributed by atoms with Crippen LogP contribution in [0.5, 0.6) is 5.75 Å². The molecule has 0 bridgehead atoms. The first-order valence-electron chi connectivity index (χ1n) is 6.43. The number of hydrogen-bond donors (Lipinski definition) is 0. The van der Waals surface area contributed by atoms with Crippen LogP contribution >= 0.6 is 11.3 Å². The molecule has 2 aromatic heterocycles. The van der Waals surface area contributed by atoms with Gasteiger partial charge in [-0.15, -0.1) is 11.3 Å². The van der Waals surface area contributed by atoms with Crippen LogP contribution in [0.1, 0.15) is 35.3 Å². The van der Waals surface area contributed by atoms with Crippen molar-refractivity contribution < 1.29 is 9.47 Å². The summed E-state index contributed by atoms with van der Waals surface area (Å²) >= 11 is 1.65. The third-order valence-electron chi connectivity index (χ3n) is 3.11. The summed E-state index contributed by atoms with van der Waals surface area (Å²) in [6.45, 7) is 3.27. The quantitative estimate of drug-likeness (QED) is 0.859. The predicted octanol–water partition coefficient (Wildman–Crippen LogP) is 3.28. The number of hydrogen-bond acceptors (Lipinski definition) is 5. The fourth-order valence-corrected chi connectivity index (χ4v) is 2.97. The van der Waals surface area contributed by atoms with Crippen LogP contribution in [0.3, 0.4) is 0 Å². The number of rotatable bonds is 4.